The lowest BCUT2D eigenvalue weighted by Gasteiger charge is -1.97. The fraction of sp³-hybridized carbons (Fsp3) is 0.167. The van der Waals surface area contributed by atoms with Gasteiger partial charge in [0.2, 0.25) is 0 Å². The third-order valence-electron chi connectivity index (χ3n) is 5.07. The van der Waals surface area contributed by atoms with Crippen molar-refractivity contribution in [2.24, 2.45) is 0 Å². The zero-order chi connectivity index (χ0) is 22.9. The van der Waals surface area contributed by atoms with Gasteiger partial charge in [0, 0.05) is 0 Å². The highest BCUT2D eigenvalue weighted by molar-refractivity contribution is 7.18. The van der Waals surface area contributed by atoms with Crippen molar-refractivity contribution in [3.05, 3.63) is 81.2 Å². The van der Waals surface area contributed by atoms with E-state index in [1.165, 1.54) is 14.2 Å². The molecular weight excluding hydrogens is 460 g/mol. The van der Waals surface area contributed by atoms with Gasteiger partial charge in [0.15, 0.2) is 0 Å². The van der Waals surface area contributed by atoms with Crippen molar-refractivity contribution in [1.29, 1.82) is 0 Å². The summed E-state index contributed by atoms with van der Waals surface area (Å²) in [5.41, 5.74) is 2.50. The number of hydrogen-bond donors (Lipinski definition) is 0. The number of furan rings is 1. The lowest BCUT2D eigenvalue weighted by Crippen LogP contribution is -2.00. The monoisotopic (exact) mass is 478 g/mol. The predicted octanol–water partition coefficient (Wildman–Crippen LogP) is 5.25. The van der Waals surface area contributed by atoms with E-state index in [1.807, 2.05) is 24.3 Å². The number of thiazole rings is 2. The van der Waals surface area contributed by atoms with Crippen LogP contribution >= 0.6 is 22.7 Å². The number of ether oxygens (including phenoxy) is 2. The summed E-state index contributed by atoms with van der Waals surface area (Å²) in [5, 5.41) is 1.81. The third-order valence-corrected chi connectivity index (χ3v) is 7.15. The van der Waals surface area contributed by atoms with Gasteiger partial charge in [0.05, 0.1) is 58.6 Å². The zero-order valence-corrected chi connectivity index (χ0v) is 19.4. The molecule has 7 nitrogen and oxygen atoms in total. The highest BCUT2D eigenvalue weighted by Gasteiger charge is 2.14. The van der Waals surface area contributed by atoms with Crippen LogP contribution in [0, 0.1) is 0 Å². The molecule has 0 unspecified atom stereocenters. The van der Waals surface area contributed by atoms with Crippen LogP contribution in [-0.2, 0) is 22.3 Å². The van der Waals surface area contributed by atoms with E-state index >= 15 is 0 Å². The summed E-state index contributed by atoms with van der Waals surface area (Å²) in [7, 11) is 2.73. The highest BCUT2D eigenvalue weighted by atomic mass is 32.1. The van der Waals surface area contributed by atoms with Gasteiger partial charge in [0.1, 0.15) is 21.5 Å². The van der Waals surface area contributed by atoms with E-state index in [-0.39, 0.29) is 11.9 Å². The number of nitrogens with zero attached hydrogens (tertiary/aromatic N) is 2. The van der Waals surface area contributed by atoms with Gasteiger partial charge in [-0.25, -0.2) is 19.6 Å². The summed E-state index contributed by atoms with van der Waals surface area (Å²) in [6.07, 6.45) is 1.13. The molecule has 0 spiro atoms. The molecule has 0 radical (unpaired) electrons. The lowest BCUT2D eigenvalue weighted by atomic mass is 10.2. The summed E-state index contributed by atoms with van der Waals surface area (Å²) in [6.45, 7) is 0. The molecule has 0 amide bonds. The Morgan fingerprint density at radius 3 is 1.64 bits per heavy atom. The molecule has 0 saturated heterocycles. The molecule has 9 heteroatoms. The number of esters is 2. The van der Waals surface area contributed by atoms with Crippen LogP contribution in [0.4, 0.5) is 0 Å². The Bertz CT molecular complexity index is 1390. The van der Waals surface area contributed by atoms with Crippen LogP contribution in [0.1, 0.15) is 42.3 Å². The minimum Gasteiger partial charge on any atom is -0.465 e. The molecule has 0 saturated carbocycles. The van der Waals surface area contributed by atoms with Gasteiger partial charge in [-0.3, -0.25) is 0 Å². The van der Waals surface area contributed by atoms with Crippen molar-refractivity contribution in [1.82, 2.24) is 9.97 Å². The minimum atomic E-state index is -0.376. The maximum Gasteiger partial charge on any atom is 0.337 e. The van der Waals surface area contributed by atoms with Gasteiger partial charge in [-0.05, 0) is 48.5 Å². The number of carbonyl (C=O) groups excluding carboxylic acids is 2. The summed E-state index contributed by atoms with van der Waals surface area (Å²) < 4.78 is 17.6. The van der Waals surface area contributed by atoms with Crippen molar-refractivity contribution < 1.29 is 23.5 Å². The first-order valence-electron chi connectivity index (χ1n) is 10.1. The Morgan fingerprint density at radius 1 is 0.758 bits per heavy atom. The predicted molar refractivity (Wildman–Crippen MR) is 126 cm³/mol. The normalized spacial score (nSPS) is 11.2. The largest absolute Gasteiger partial charge is 0.465 e. The van der Waals surface area contributed by atoms with Gasteiger partial charge < -0.3 is 13.9 Å². The molecule has 0 atom stereocenters. The van der Waals surface area contributed by atoms with Gasteiger partial charge in [-0.1, -0.05) is 0 Å². The molecule has 0 aliphatic carbocycles. The van der Waals surface area contributed by atoms with Crippen molar-refractivity contribution in [3.63, 3.8) is 0 Å². The standard InChI is InChI=1S/C24H18N2O5S2/c1-29-23(27)13-3-7-19-17(9-13)25-21(32-19)11-15-5-6-16(31-15)12-22-26-18-10-14(24(28)30-2)4-8-20(18)33-22/h3-10H,11-12H2,1-2H3. The van der Waals surface area contributed by atoms with Crippen molar-refractivity contribution >= 4 is 55.0 Å². The second kappa shape index (κ2) is 8.76. The minimum absolute atomic E-state index is 0.376. The van der Waals surface area contributed by atoms with E-state index in [1.54, 1.807) is 46.9 Å². The number of fused-ring (bicyclic) bond motifs is 2. The Morgan fingerprint density at radius 2 is 1.21 bits per heavy atom. The first-order valence-corrected chi connectivity index (χ1v) is 11.7. The molecule has 3 aromatic heterocycles. The van der Waals surface area contributed by atoms with Crippen LogP contribution in [0.25, 0.3) is 20.4 Å². The van der Waals surface area contributed by atoms with E-state index < -0.39 is 0 Å². The number of rotatable bonds is 6. The Kier molecular flexibility index (Phi) is 5.65. The van der Waals surface area contributed by atoms with Gasteiger partial charge >= 0.3 is 11.9 Å². The van der Waals surface area contributed by atoms with Crippen LogP contribution in [0.15, 0.2) is 52.9 Å². The molecule has 33 heavy (non-hydrogen) atoms. The molecule has 2 aromatic carbocycles. The molecule has 5 aromatic rings. The summed E-state index contributed by atoms with van der Waals surface area (Å²) in [5.74, 6) is 0.870. The Labute approximate surface area is 196 Å². The third kappa shape index (κ3) is 4.37. The van der Waals surface area contributed by atoms with E-state index in [9.17, 15) is 9.59 Å². The number of methoxy groups -OCH3 is 2. The first-order chi connectivity index (χ1) is 16.0. The summed E-state index contributed by atoms with van der Waals surface area (Å²) in [4.78, 5) is 32.8. The maximum absolute atomic E-state index is 11.7. The summed E-state index contributed by atoms with van der Waals surface area (Å²) in [6, 6.07) is 14.6. The SMILES string of the molecule is COC(=O)c1ccc2sc(Cc3ccc(Cc4nc5cc(C(=O)OC)ccc5s4)o3)nc2c1. The average Bonchev–Trinajstić information content (AvgIpc) is 3.54. The van der Waals surface area contributed by atoms with Gasteiger partial charge in [-0.2, -0.15) is 0 Å². The van der Waals surface area contributed by atoms with Crippen LogP contribution in [0.2, 0.25) is 0 Å². The van der Waals surface area contributed by atoms with E-state index in [0.717, 1.165) is 42.0 Å². The van der Waals surface area contributed by atoms with E-state index in [2.05, 4.69) is 9.97 Å². The van der Waals surface area contributed by atoms with Crippen LogP contribution in [-0.4, -0.2) is 36.1 Å². The molecule has 0 fully saturated rings. The molecule has 0 bridgehead atoms. The van der Waals surface area contributed by atoms with Crippen molar-refractivity contribution in [3.8, 4) is 0 Å². The number of benzene rings is 2. The van der Waals surface area contributed by atoms with E-state index in [0.29, 0.717) is 24.0 Å². The van der Waals surface area contributed by atoms with E-state index in [4.69, 9.17) is 13.9 Å². The molecular formula is C24H18N2O5S2. The zero-order valence-electron chi connectivity index (χ0n) is 17.8. The maximum atomic E-state index is 11.7. The second-order valence-corrected chi connectivity index (χ2v) is 9.52. The fourth-order valence-corrected chi connectivity index (χ4v) is 5.42. The quantitative estimate of drug-likeness (QED) is 0.308. The molecule has 3 heterocycles. The van der Waals surface area contributed by atoms with Crippen molar-refractivity contribution in [2.75, 3.05) is 14.2 Å². The van der Waals surface area contributed by atoms with Crippen molar-refractivity contribution in [2.45, 2.75) is 12.8 Å². The number of carbonyl (C=O) groups is 2. The molecule has 166 valence electrons. The Hall–Kier alpha value is -3.56. The smallest absolute Gasteiger partial charge is 0.337 e. The lowest BCUT2D eigenvalue weighted by molar-refractivity contribution is 0.0592. The topological polar surface area (TPSA) is 91.5 Å². The summed E-state index contributed by atoms with van der Waals surface area (Å²) >= 11 is 3.14. The van der Waals surface area contributed by atoms with Crippen LogP contribution in [0.3, 0.4) is 0 Å². The molecule has 0 aliphatic rings. The van der Waals surface area contributed by atoms with Gasteiger partial charge in [0.25, 0.3) is 0 Å². The number of aromatic nitrogens is 2. The molecule has 5 rings (SSSR count). The fourth-order valence-electron chi connectivity index (χ4n) is 3.50. The Balaban J connectivity index is 1.31. The second-order valence-electron chi connectivity index (χ2n) is 7.28. The molecule has 0 aliphatic heterocycles. The van der Waals surface area contributed by atoms with Crippen LogP contribution in [0.5, 0.6) is 0 Å². The average molecular weight is 479 g/mol. The number of hydrogen-bond acceptors (Lipinski definition) is 9. The first kappa shape index (κ1) is 21.3. The van der Waals surface area contributed by atoms with Crippen LogP contribution < -0.4 is 0 Å². The van der Waals surface area contributed by atoms with Gasteiger partial charge in [-0.15, -0.1) is 22.7 Å². The highest BCUT2D eigenvalue weighted by Crippen LogP contribution is 2.28. The molecule has 0 N–H and O–H groups in total.